The highest BCUT2D eigenvalue weighted by Crippen LogP contribution is 2.23. The van der Waals surface area contributed by atoms with Crippen LogP contribution < -0.4 is 0 Å². The van der Waals surface area contributed by atoms with Crippen LogP contribution in [0.25, 0.3) is 0 Å². The van der Waals surface area contributed by atoms with Gasteiger partial charge in [-0.15, -0.1) is 11.6 Å². The van der Waals surface area contributed by atoms with Gasteiger partial charge in [-0.2, -0.15) is 0 Å². The second kappa shape index (κ2) is 21.6. The molecule has 0 fully saturated rings. The van der Waals surface area contributed by atoms with E-state index < -0.39 is 0 Å². The molecule has 208 valence electrons. The van der Waals surface area contributed by atoms with Crippen molar-refractivity contribution in [2.45, 2.75) is 129 Å². The molecule has 0 aromatic heterocycles. The van der Waals surface area contributed by atoms with Crippen LogP contribution in [0.1, 0.15) is 127 Å². The molecule has 0 unspecified atom stereocenters. The minimum atomic E-state index is 0.753. The second-order valence-electron chi connectivity index (χ2n) is 11.4. The largest absolute Gasteiger partial charge is 0.316 e. The molecule has 0 atom stereocenters. The van der Waals surface area contributed by atoms with Crippen molar-refractivity contribution in [1.82, 2.24) is 0 Å². The quantitative estimate of drug-likeness (QED) is 0.0724. The highest BCUT2D eigenvalue weighted by molar-refractivity contribution is 6.17. The van der Waals surface area contributed by atoms with Gasteiger partial charge >= 0.3 is 0 Å². The molecule has 2 heteroatoms. The predicted molar refractivity (Wildman–Crippen MR) is 165 cm³/mol. The number of rotatable bonds is 24. The summed E-state index contributed by atoms with van der Waals surface area (Å²) in [5.41, 5.74) is 2.90. The maximum Gasteiger partial charge on any atom is 0.105 e. The first kappa shape index (κ1) is 31.9. The zero-order valence-electron chi connectivity index (χ0n) is 24.2. The summed E-state index contributed by atoms with van der Waals surface area (Å²) >= 11 is 6.21. The van der Waals surface area contributed by atoms with Crippen LogP contribution in [0, 0.1) is 0 Å². The summed E-state index contributed by atoms with van der Waals surface area (Å²) in [7, 11) is 0. The molecule has 0 radical (unpaired) electrons. The van der Waals surface area contributed by atoms with Crippen LogP contribution in [-0.2, 0) is 13.1 Å². The summed E-state index contributed by atoms with van der Waals surface area (Å²) in [5.74, 6) is 0.753. The molecule has 0 aliphatic rings. The van der Waals surface area contributed by atoms with Gasteiger partial charge < -0.3 is 4.48 Å². The smallest absolute Gasteiger partial charge is 0.105 e. The zero-order chi connectivity index (χ0) is 26.3. The van der Waals surface area contributed by atoms with E-state index in [1.807, 2.05) is 0 Å². The van der Waals surface area contributed by atoms with E-state index in [4.69, 9.17) is 11.6 Å². The van der Waals surface area contributed by atoms with Crippen LogP contribution in [0.15, 0.2) is 60.7 Å². The second-order valence-corrected chi connectivity index (χ2v) is 11.8. The van der Waals surface area contributed by atoms with Crippen molar-refractivity contribution in [3.8, 4) is 0 Å². The summed E-state index contributed by atoms with van der Waals surface area (Å²) in [5, 5.41) is 0. The van der Waals surface area contributed by atoms with E-state index in [0.717, 1.165) is 36.4 Å². The van der Waals surface area contributed by atoms with Gasteiger partial charge in [-0.05, 0) is 12.8 Å². The Hall–Kier alpha value is -1.31. The maximum absolute atomic E-state index is 6.21. The van der Waals surface area contributed by atoms with Crippen molar-refractivity contribution in [3.05, 3.63) is 71.8 Å². The standard InChI is InChI=1S/C35H57ClN/c1-2-3-4-5-6-7-8-9-10-11-12-13-14-15-16-23-30-37(31-24-29-36,32-34-25-19-17-20-26-34)33-35-27-21-18-22-28-35/h17-22,25-28H,2-16,23-24,29-33H2,1H3/q+1. The summed E-state index contributed by atoms with van der Waals surface area (Å²) in [4.78, 5) is 0. The van der Waals surface area contributed by atoms with E-state index in [2.05, 4.69) is 67.6 Å². The molecule has 2 aromatic carbocycles. The summed E-state index contributed by atoms with van der Waals surface area (Å²) in [6, 6.07) is 22.2. The first-order valence-corrected chi connectivity index (χ1v) is 16.3. The Balaban J connectivity index is 1.66. The van der Waals surface area contributed by atoms with E-state index in [1.165, 1.54) is 120 Å². The molecule has 2 rings (SSSR count). The van der Waals surface area contributed by atoms with Crippen molar-refractivity contribution in [1.29, 1.82) is 0 Å². The lowest BCUT2D eigenvalue weighted by atomic mass is 10.0. The van der Waals surface area contributed by atoms with E-state index in [-0.39, 0.29) is 0 Å². The van der Waals surface area contributed by atoms with Crippen LogP contribution in [0.2, 0.25) is 0 Å². The lowest BCUT2D eigenvalue weighted by Gasteiger charge is -2.39. The fourth-order valence-electron chi connectivity index (χ4n) is 5.82. The Labute approximate surface area is 235 Å². The monoisotopic (exact) mass is 526 g/mol. The SMILES string of the molecule is CCCCCCCCCCCCCCCCCC[N+](CCCCl)(Cc1ccccc1)Cc1ccccc1. The van der Waals surface area contributed by atoms with Gasteiger partial charge in [-0.1, -0.05) is 157 Å². The van der Waals surface area contributed by atoms with Crippen LogP contribution in [-0.4, -0.2) is 23.5 Å². The number of alkyl halides is 1. The third-order valence-electron chi connectivity index (χ3n) is 7.97. The fourth-order valence-corrected chi connectivity index (χ4v) is 5.94. The molecule has 0 bridgehead atoms. The number of halogens is 1. The lowest BCUT2D eigenvalue weighted by Crippen LogP contribution is -2.48. The first-order valence-electron chi connectivity index (χ1n) is 15.8. The van der Waals surface area contributed by atoms with Crippen molar-refractivity contribution >= 4 is 11.6 Å². The number of unbranched alkanes of at least 4 members (excludes halogenated alkanes) is 15. The molecule has 2 aromatic rings. The maximum atomic E-state index is 6.21. The molecule has 1 nitrogen and oxygen atoms in total. The van der Waals surface area contributed by atoms with Gasteiger partial charge in [-0.3, -0.25) is 0 Å². The Morgan fingerprint density at radius 1 is 0.459 bits per heavy atom. The van der Waals surface area contributed by atoms with Gasteiger partial charge in [0.2, 0.25) is 0 Å². The lowest BCUT2D eigenvalue weighted by molar-refractivity contribution is -0.953. The Morgan fingerprint density at radius 3 is 1.19 bits per heavy atom. The average molecular weight is 527 g/mol. The fraction of sp³-hybridized carbons (Fsp3) is 0.657. The number of hydrogen-bond acceptors (Lipinski definition) is 0. The third kappa shape index (κ3) is 15.6. The van der Waals surface area contributed by atoms with Gasteiger partial charge in [0.25, 0.3) is 0 Å². The van der Waals surface area contributed by atoms with Crippen LogP contribution in [0.3, 0.4) is 0 Å². The van der Waals surface area contributed by atoms with Crippen molar-refractivity contribution in [2.75, 3.05) is 19.0 Å². The van der Waals surface area contributed by atoms with E-state index in [9.17, 15) is 0 Å². The molecule has 0 heterocycles. The molecule has 0 aliphatic heterocycles. The van der Waals surface area contributed by atoms with Crippen molar-refractivity contribution < 1.29 is 4.48 Å². The van der Waals surface area contributed by atoms with Gasteiger partial charge in [0.1, 0.15) is 13.1 Å². The summed E-state index contributed by atoms with van der Waals surface area (Å²) in [6.07, 6.45) is 23.9. The van der Waals surface area contributed by atoms with Gasteiger partial charge in [0.05, 0.1) is 13.1 Å². The van der Waals surface area contributed by atoms with E-state index in [0.29, 0.717) is 0 Å². The summed E-state index contributed by atoms with van der Waals surface area (Å²) in [6.45, 7) is 6.91. The van der Waals surface area contributed by atoms with Crippen LogP contribution in [0.5, 0.6) is 0 Å². The first-order chi connectivity index (χ1) is 18.3. The van der Waals surface area contributed by atoms with E-state index >= 15 is 0 Å². The van der Waals surface area contributed by atoms with Gasteiger partial charge in [-0.25, -0.2) is 0 Å². The number of benzene rings is 2. The molecule has 0 saturated carbocycles. The normalized spacial score (nSPS) is 11.7. The van der Waals surface area contributed by atoms with Crippen LogP contribution >= 0.6 is 11.6 Å². The highest BCUT2D eigenvalue weighted by atomic mass is 35.5. The Kier molecular flexibility index (Phi) is 18.6. The molecular formula is C35H57ClN+. The number of hydrogen-bond donors (Lipinski definition) is 0. The third-order valence-corrected chi connectivity index (χ3v) is 8.24. The zero-order valence-corrected chi connectivity index (χ0v) is 24.9. The minimum Gasteiger partial charge on any atom is -0.316 e. The van der Waals surface area contributed by atoms with Crippen LogP contribution in [0.4, 0.5) is 0 Å². The van der Waals surface area contributed by atoms with E-state index in [1.54, 1.807) is 0 Å². The number of nitrogens with zero attached hydrogens (tertiary/aromatic N) is 1. The van der Waals surface area contributed by atoms with Gasteiger partial charge in [0, 0.05) is 23.4 Å². The Morgan fingerprint density at radius 2 is 0.811 bits per heavy atom. The molecule has 0 saturated heterocycles. The van der Waals surface area contributed by atoms with Crippen molar-refractivity contribution in [2.24, 2.45) is 0 Å². The highest BCUT2D eigenvalue weighted by Gasteiger charge is 2.27. The molecule has 0 aliphatic carbocycles. The van der Waals surface area contributed by atoms with Gasteiger partial charge in [0.15, 0.2) is 0 Å². The molecule has 0 spiro atoms. The minimum absolute atomic E-state index is 0.753. The predicted octanol–water partition coefficient (Wildman–Crippen LogP) is 11.1. The molecular weight excluding hydrogens is 470 g/mol. The molecule has 0 amide bonds. The van der Waals surface area contributed by atoms with Crippen molar-refractivity contribution in [3.63, 3.8) is 0 Å². The Bertz CT molecular complexity index is 703. The summed E-state index contributed by atoms with van der Waals surface area (Å²) < 4.78 is 1.12. The molecule has 0 N–H and O–H groups in total. The molecule has 37 heavy (non-hydrogen) atoms. The number of quaternary nitrogens is 1. The average Bonchev–Trinajstić information content (AvgIpc) is 2.93. The topological polar surface area (TPSA) is 0 Å².